The molecule has 0 radical (unpaired) electrons. The van der Waals surface area contributed by atoms with E-state index in [0.717, 1.165) is 4.90 Å². The maximum absolute atomic E-state index is 13.1. The van der Waals surface area contributed by atoms with Crippen LogP contribution in [-0.4, -0.2) is 58.9 Å². The largest absolute Gasteiger partial charge is 0.462 e. The molecular weight excluding hydrogens is 456 g/mol. The minimum Gasteiger partial charge on any atom is -0.462 e. The summed E-state index contributed by atoms with van der Waals surface area (Å²) in [6, 6.07) is 5.16. The van der Waals surface area contributed by atoms with Crippen LogP contribution in [0.3, 0.4) is 0 Å². The van der Waals surface area contributed by atoms with Gasteiger partial charge in [0.05, 0.1) is 35.6 Å². The van der Waals surface area contributed by atoms with E-state index in [0.29, 0.717) is 5.56 Å². The van der Waals surface area contributed by atoms with Crippen LogP contribution in [0.4, 0.5) is 0 Å². The standard InChI is InChI=1S/C25H28N2O8/c1-6-33-23(30)18-14(5)19(24(31)34-7-2)26-17(18)12-35-25(32)20(13(3)4)27-21(28)15-10-8-9-11-16(15)22(27)29/h8-11,13,20,26H,6-7,12H2,1-5H3/t20-/m1/s1. The summed E-state index contributed by atoms with van der Waals surface area (Å²) >= 11 is 0. The van der Waals surface area contributed by atoms with Crippen LogP contribution in [0, 0.1) is 12.8 Å². The van der Waals surface area contributed by atoms with Crippen molar-refractivity contribution in [3.05, 3.63) is 57.9 Å². The Bertz CT molecular complexity index is 1150. The summed E-state index contributed by atoms with van der Waals surface area (Å²) in [6.07, 6.45) is 0. The number of H-pyrrole nitrogens is 1. The second kappa shape index (κ2) is 10.5. The molecule has 186 valence electrons. The third-order valence-electron chi connectivity index (χ3n) is 5.62. The van der Waals surface area contributed by atoms with Crippen LogP contribution in [0.25, 0.3) is 0 Å². The topological polar surface area (TPSA) is 132 Å². The van der Waals surface area contributed by atoms with Crippen LogP contribution < -0.4 is 0 Å². The normalized spacial score (nSPS) is 13.6. The zero-order valence-corrected chi connectivity index (χ0v) is 20.3. The number of imide groups is 1. The van der Waals surface area contributed by atoms with Gasteiger partial charge in [0, 0.05) is 0 Å². The first-order chi connectivity index (χ1) is 16.6. The van der Waals surface area contributed by atoms with Crippen molar-refractivity contribution in [2.45, 2.75) is 47.3 Å². The molecule has 1 aliphatic rings. The number of rotatable bonds is 9. The lowest BCUT2D eigenvalue weighted by molar-refractivity contribution is -0.151. The molecule has 35 heavy (non-hydrogen) atoms. The maximum atomic E-state index is 13.1. The zero-order valence-electron chi connectivity index (χ0n) is 20.3. The Morgan fingerprint density at radius 1 is 0.914 bits per heavy atom. The van der Waals surface area contributed by atoms with Gasteiger partial charge in [-0.25, -0.2) is 14.4 Å². The van der Waals surface area contributed by atoms with Gasteiger partial charge in [-0.3, -0.25) is 14.5 Å². The van der Waals surface area contributed by atoms with E-state index in [1.165, 1.54) is 12.1 Å². The summed E-state index contributed by atoms with van der Waals surface area (Å²) in [5.74, 6) is -3.78. The molecule has 0 bridgehead atoms. The fourth-order valence-electron chi connectivity index (χ4n) is 4.02. The van der Waals surface area contributed by atoms with Crippen LogP contribution in [0.2, 0.25) is 0 Å². The number of nitrogens with one attached hydrogen (secondary N) is 1. The Kier molecular flexibility index (Phi) is 7.73. The quantitative estimate of drug-likeness (QED) is 0.326. The van der Waals surface area contributed by atoms with E-state index in [4.69, 9.17) is 14.2 Å². The van der Waals surface area contributed by atoms with Crippen molar-refractivity contribution in [2.75, 3.05) is 13.2 Å². The summed E-state index contributed by atoms with van der Waals surface area (Å²) in [7, 11) is 0. The summed E-state index contributed by atoms with van der Waals surface area (Å²) in [5.41, 5.74) is 0.987. The third-order valence-corrected chi connectivity index (χ3v) is 5.62. The van der Waals surface area contributed by atoms with Gasteiger partial charge in [-0.05, 0) is 44.4 Å². The summed E-state index contributed by atoms with van der Waals surface area (Å²) in [4.78, 5) is 67.5. The lowest BCUT2D eigenvalue weighted by atomic mass is 10.0. The minimum atomic E-state index is -1.19. The SMILES string of the molecule is CCOC(=O)c1[nH]c(COC(=O)[C@@H](C(C)C)N2C(=O)c3ccccc3C2=O)c(C(=O)OCC)c1C. The van der Waals surface area contributed by atoms with Crippen LogP contribution in [0.1, 0.15) is 80.5 Å². The van der Waals surface area contributed by atoms with E-state index in [9.17, 15) is 24.0 Å². The fourth-order valence-corrected chi connectivity index (χ4v) is 4.02. The van der Waals surface area contributed by atoms with Crippen molar-refractivity contribution in [2.24, 2.45) is 5.92 Å². The number of ether oxygens (including phenoxy) is 3. The number of hydrogen-bond acceptors (Lipinski definition) is 8. The van der Waals surface area contributed by atoms with E-state index in [2.05, 4.69) is 4.98 Å². The molecule has 0 aliphatic carbocycles. The highest BCUT2D eigenvalue weighted by Crippen LogP contribution is 2.28. The number of amides is 2. The van der Waals surface area contributed by atoms with Crippen LogP contribution >= 0.6 is 0 Å². The summed E-state index contributed by atoms with van der Waals surface area (Å²) in [6.45, 7) is 8.04. The number of aromatic nitrogens is 1. The number of fused-ring (bicyclic) bond motifs is 1. The second-order valence-corrected chi connectivity index (χ2v) is 8.24. The second-order valence-electron chi connectivity index (χ2n) is 8.24. The van der Waals surface area contributed by atoms with Gasteiger partial charge >= 0.3 is 17.9 Å². The van der Waals surface area contributed by atoms with Gasteiger partial charge in [0.25, 0.3) is 11.8 Å². The van der Waals surface area contributed by atoms with Gasteiger partial charge in [-0.15, -0.1) is 0 Å². The first-order valence-electron chi connectivity index (χ1n) is 11.3. The molecule has 2 amide bonds. The van der Waals surface area contributed by atoms with Gasteiger partial charge in [-0.2, -0.15) is 0 Å². The molecular formula is C25H28N2O8. The van der Waals surface area contributed by atoms with E-state index in [-0.39, 0.29) is 41.3 Å². The fraction of sp³-hybridized carbons (Fsp3) is 0.400. The van der Waals surface area contributed by atoms with E-state index in [1.807, 2.05) is 0 Å². The highest BCUT2D eigenvalue weighted by atomic mass is 16.5. The smallest absolute Gasteiger partial charge is 0.355 e. The van der Waals surface area contributed by atoms with Gasteiger partial charge in [0.15, 0.2) is 0 Å². The molecule has 0 fully saturated rings. The zero-order chi connectivity index (χ0) is 25.9. The van der Waals surface area contributed by atoms with E-state index >= 15 is 0 Å². The van der Waals surface area contributed by atoms with Crippen molar-refractivity contribution in [3.63, 3.8) is 0 Å². The van der Waals surface area contributed by atoms with Gasteiger partial charge in [-0.1, -0.05) is 26.0 Å². The first-order valence-corrected chi connectivity index (χ1v) is 11.3. The van der Waals surface area contributed by atoms with Crippen molar-refractivity contribution in [3.8, 4) is 0 Å². The predicted molar refractivity (Wildman–Crippen MR) is 123 cm³/mol. The van der Waals surface area contributed by atoms with Crippen molar-refractivity contribution >= 4 is 29.7 Å². The first kappa shape index (κ1) is 25.7. The van der Waals surface area contributed by atoms with Gasteiger partial charge in [0.2, 0.25) is 0 Å². The number of nitrogens with zero attached hydrogens (tertiary/aromatic N) is 1. The maximum Gasteiger partial charge on any atom is 0.355 e. The molecule has 0 saturated heterocycles. The van der Waals surface area contributed by atoms with Crippen LogP contribution in [0.5, 0.6) is 0 Å². The average Bonchev–Trinajstić information content (AvgIpc) is 3.27. The monoisotopic (exact) mass is 484 g/mol. The highest BCUT2D eigenvalue weighted by molar-refractivity contribution is 6.22. The number of esters is 3. The summed E-state index contributed by atoms with van der Waals surface area (Å²) in [5, 5.41) is 0. The Hall–Kier alpha value is -3.95. The molecule has 10 nitrogen and oxygen atoms in total. The Morgan fingerprint density at radius 2 is 1.46 bits per heavy atom. The molecule has 0 unspecified atom stereocenters. The number of carbonyl (C=O) groups excluding carboxylic acids is 5. The number of hydrogen-bond donors (Lipinski definition) is 1. The molecule has 1 N–H and O–H groups in total. The van der Waals surface area contributed by atoms with Gasteiger partial charge in [0.1, 0.15) is 18.3 Å². The molecule has 1 aromatic carbocycles. The lowest BCUT2D eigenvalue weighted by Crippen LogP contribution is -2.48. The average molecular weight is 485 g/mol. The lowest BCUT2D eigenvalue weighted by Gasteiger charge is -2.27. The van der Waals surface area contributed by atoms with Crippen LogP contribution in [0.15, 0.2) is 24.3 Å². The molecule has 0 saturated carbocycles. The van der Waals surface area contributed by atoms with E-state index in [1.54, 1.807) is 46.8 Å². The van der Waals surface area contributed by atoms with Crippen molar-refractivity contribution in [1.29, 1.82) is 0 Å². The predicted octanol–water partition coefficient (Wildman–Crippen LogP) is 3.04. The number of aromatic amines is 1. The number of carbonyl (C=O) groups is 5. The van der Waals surface area contributed by atoms with Gasteiger partial charge < -0.3 is 19.2 Å². The Labute approximate surface area is 202 Å². The highest BCUT2D eigenvalue weighted by Gasteiger charge is 2.44. The molecule has 1 aromatic heterocycles. The van der Waals surface area contributed by atoms with Crippen molar-refractivity contribution < 1.29 is 38.2 Å². The Balaban J connectivity index is 1.88. The van der Waals surface area contributed by atoms with Crippen LogP contribution in [-0.2, 0) is 25.6 Å². The Morgan fingerprint density at radius 3 is 1.97 bits per heavy atom. The molecule has 2 aromatic rings. The number of benzene rings is 1. The molecule has 1 atom stereocenters. The minimum absolute atomic E-state index is 0.0432. The molecule has 2 heterocycles. The summed E-state index contributed by atoms with van der Waals surface area (Å²) < 4.78 is 15.6. The molecule has 1 aliphatic heterocycles. The molecule has 0 spiro atoms. The van der Waals surface area contributed by atoms with Crippen molar-refractivity contribution in [1.82, 2.24) is 9.88 Å². The third kappa shape index (κ3) is 4.82. The molecule has 10 heteroatoms. The van der Waals surface area contributed by atoms with E-state index < -0.39 is 48.3 Å². The molecule has 3 rings (SSSR count).